The summed E-state index contributed by atoms with van der Waals surface area (Å²) in [7, 11) is 0. The summed E-state index contributed by atoms with van der Waals surface area (Å²) >= 11 is 0. The molecule has 37 heavy (non-hydrogen) atoms. The van der Waals surface area contributed by atoms with Crippen LogP contribution in [-0.2, 0) is 17.8 Å². The topological polar surface area (TPSA) is 56.2 Å². The lowest BCUT2D eigenvalue weighted by Crippen LogP contribution is -2.34. The maximum atomic E-state index is 13.4. The highest BCUT2D eigenvalue weighted by Gasteiger charge is 2.46. The third-order valence-electron chi connectivity index (χ3n) is 7.34. The molecule has 1 saturated carbocycles. The minimum atomic E-state index is -4.32. The van der Waals surface area contributed by atoms with Crippen molar-refractivity contribution in [3.8, 4) is 5.69 Å². The number of carbonyl (C=O) groups excluding carboxylic acids is 1. The van der Waals surface area contributed by atoms with Crippen molar-refractivity contribution in [3.05, 3.63) is 88.5 Å². The quantitative estimate of drug-likeness (QED) is 0.393. The molecular formula is C28H27F4N3O2. The van der Waals surface area contributed by atoms with E-state index in [9.17, 15) is 22.4 Å². The molecule has 1 amide bonds. The van der Waals surface area contributed by atoms with Gasteiger partial charge in [0, 0.05) is 17.5 Å². The van der Waals surface area contributed by atoms with Crippen LogP contribution in [0.15, 0.2) is 60.3 Å². The molecule has 3 aromatic rings. The first kappa shape index (κ1) is 25.2. The van der Waals surface area contributed by atoms with Crippen LogP contribution in [0.3, 0.4) is 0 Å². The highest BCUT2D eigenvalue weighted by Crippen LogP contribution is 2.51. The fourth-order valence-electron chi connectivity index (χ4n) is 5.33. The fourth-order valence-corrected chi connectivity index (χ4v) is 5.33. The second kappa shape index (κ2) is 9.78. The predicted molar refractivity (Wildman–Crippen MR) is 131 cm³/mol. The number of ether oxygens (including phenoxy) is 1. The summed E-state index contributed by atoms with van der Waals surface area (Å²) in [6.07, 6.45) is 0.905. The Hall–Kier alpha value is -3.46. The number of hydrogen-bond acceptors (Lipinski definition) is 3. The van der Waals surface area contributed by atoms with Crippen LogP contribution >= 0.6 is 0 Å². The molecule has 0 radical (unpaired) electrons. The lowest BCUT2D eigenvalue weighted by molar-refractivity contribution is -0.133. The molecule has 2 aliphatic rings. The summed E-state index contributed by atoms with van der Waals surface area (Å²) in [5, 5.41) is 6.89. The molecule has 0 bridgehead atoms. The van der Waals surface area contributed by atoms with Gasteiger partial charge in [0.05, 0.1) is 36.7 Å². The second-order valence-corrected chi connectivity index (χ2v) is 9.82. The van der Waals surface area contributed by atoms with E-state index >= 15 is 0 Å². The Morgan fingerprint density at radius 2 is 1.95 bits per heavy atom. The lowest BCUT2D eigenvalue weighted by Gasteiger charge is -2.35. The summed E-state index contributed by atoms with van der Waals surface area (Å²) in [5.74, 6) is -0.843. The van der Waals surface area contributed by atoms with Gasteiger partial charge in [0.2, 0.25) is 0 Å². The molecule has 9 heteroatoms. The normalized spacial score (nSPS) is 20.8. The Bertz CT molecular complexity index is 1330. The lowest BCUT2D eigenvalue weighted by atomic mass is 9.74. The highest BCUT2D eigenvalue weighted by molar-refractivity contribution is 5.95. The van der Waals surface area contributed by atoms with Gasteiger partial charge in [-0.2, -0.15) is 18.3 Å². The van der Waals surface area contributed by atoms with Crippen LogP contribution in [0.2, 0.25) is 0 Å². The number of carbonyl (C=O) groups is 1. The molecule has 1 N–H and O–H groups in total. The molecule has 2 aromatic carbocycles. The summed E-state index contributed by atoms with van der Waals surface area (Å²) < 4.78 is 58.9. The first-order valence-electron chi connectivity index (χ1n) is 12.2. The van der Waals surface area contributed by atoms with E-state index in [0.29, 0.717) is 11.1 Å². The van der Waals surface area contributed by atoms with Gasteiger partial charge in [-0.15, -0.1) is 0 Å². The van der Waals surface area contributed by atoms with Crippen molar-refractivity contribution in [1.82, 2.24) is 15.1 Å². The number of nitrogens with one attached hydrogen (secondary N) is 1. The van der Waals surface area contributed by atoms with Crippen LogP contribution < -0.4 is 5.32 Å². The Balaban J connectivity index is 1.29. The Morgan fingerprint density at radius 1 is 1.19 bits per heavy atom. The van der Waals surface area contributed by atoms with Gasteiger partial charge < -0.3 is 10.1 Å². The monoisotopic (exact) mass is 513 g/mol. The number of nitrogens with zero attached hydrogens (tertiary/aromatic N) is 2. The number of fused-ring (bicyclic) bond motifs is 2. The van der Waals surface area contributed by atoms with E-state index in [1.165, 1.54) is 17.7 Å². The summed E-state index contributed by atoms with van der Waals surface area (Å²) in [6, 6.07) is 13.1. The van der Waals surface area contributed by atoms with Gasteiger partial charge in [0.25, 0.3) is 5.91 Å². The zero-order valence-corrected chi connectivity index (χ0v) is 20.3. The number of halogens is 4. The van der Waals surface area contributed by atoms with Crippen molar-refractivity contribution in [3.63, 3.8) is 0 Å². The highest BCUT2D eigenvalue weighted by atomic mass is 19.4. The van der Waals surface area contributed by atoms with Gasteiger partial charge in [-0.3, -0.25) is 4.79 Å². The summed E-state index contributed by atoms with van der Waals surface area (Å²) in [5.41, 5.74) is 4.82. The van der Waals surface area contributed by atoms with E-state index in [1.54, 1.807) is 36.4 Å². The van der Waals surface area contributed by atoms with Crippen LogP contribution in [0.25, 0.3) is 11.8 Å². The smallest absolute Gasteiger partial charge is 0.373 e. The zero-order chi connectivity index (χ0) is 26.2. The molecule has 1 fully saturated rings. The van der Waals surface area contributed by atoms with Gasteiger partial charge in [-0.1, -0.05) is 30.7 Å². The number of amides is 1. The molecule has 2 aliphatic carbocycles. The van der Waals surface area contributed by atoms with E-state index in [2.05, 4.69) is 23.4 Å². The summed E-state index contributed by atoms with van der Waals surface area (Å²) in [4.78, 5) is 12.5. The average Bonchev–Trinajstić information content (AvgIpc) is 3.40. The van der Waals surface area contributed by atoms with Crippen molar-refractivity contribution in [2.24, 2.45) is 5.41 Å². The predicted octanol–water partition coefficient (Wildman–Crippen LogP) is 6.02. The molecule has 2 atom stereocenters. The zero-order valence-electron chi connectivity index (χ0n) is 20.3. The molecule has 194 valence electrons. The van der Waals surface area contributed by atoms with E-state index in [-0.39, 0.29) is 23.9 Å². The van der Waals surface area contributed by atoms with Gasteiger partial charge >= 0.3 is 6.18 Å². The van der Waals surface area contributed by atoms with Crippen molar-refractivity contribution in [1.29, 1.82) is 0 Å². The maximum absolute atomic E-state index is 13.4. The second-order valence-electron chi connectivity index (χ2n) is 9.82. The summed E-state index contributed by atoms with van der Waals surface area (Å²) in [6.45, 7) is 1.88. The van der Waals surface area contributed by atoms with E-state index < -0.39 is 25.0 Å². The van der Waals surface area contributed by atoms with Crippen LogP contribution in [0.5, 0.6) is 0 Å². The van der Waals surface area contributed by atoms with Crippen molar-refractivity contribution in [2.75, 3.05) is 6.54 Å². The molecule has 0 aliphatic heterocycles. The number of hydrogen-bond donors (Lipinski definition) is 1. The average molecular weight is 514 g/mol. The van der Waals surface area contributed by atoms with Crippen LogP contribution in [0.4, 0.5) is 17.6 Å². The van der Waals surface area contributed by atoms with Crippen molar-refractivity contribution in [2.45, 2.75) is 51.5 Å². The van der Waals surface area contributed by atoms with E-state index in [1.807, 2.05) is 10.9 Å². The number of aromatic nitrogens is 2. The minimum absolute atomic E-state index is 0.0950. The number of alkyl halides is 3. The van der Waals surface area contributed by atoms with Gasteiger partial charge in [0.15, 0.2) is 0 Å². The molecular weight excluding hydrogens is 486 g/mol. The van der Waals surface area contributed by atoms with Gasteiger partial charge in [0.1, 0.15) is 5.82 Å². The van der Waals surface area contributed by atoms with Crippen LogP contribution in [0.1, 0.15) is 53.4 Å². The van der Waals surface area contributed by atoms with Gasteiger partial charge in [-0.05, 0) is 66.8 Å². The van der Waals surface area contributed by atoms with Crippen LogP contribution in [-0.4, -0.2) is 34.5 Å². The standard InChI is InChI=1S/C28H27F4N3O2/c1-27-15-19-16-34-35(22-9-7-21(29)8-10-22)24(19)14-20(27)6-11-25(27)37-17-18-4-2-3-5-23(18)26(36)33-13-12-28(30,31)32/h2-5,7-10,14,16,25H,6,11-13,15,17H2,1H3,(H,33,36)/t25-,27?/m0/s1. The fraction of sp³-hybridized carbons (Fsp3) is 0.357. The molecule has 1 heterocycles. The minimum Gasteiger partial charge on any atom is -0.373 e. The molecule has 0 spiro atoms. The van der Waals surface area contributed by atoms with Crippen molar-refractivity contribution >= 4 is 12.0 Å². The van der Waals surface area contributed by atoms with Crippen molar-refractivity contribution < 1.29 is 27.1 Å². The molecule has 1 unspecified atom stereocenters. The Morgan fingerprint density at radius 3 is 2.70 bits per heavy atom. The van der Waals surface area contributed by atoms with E-state index in [4.69, 9.17) is 4.74 Å². The van der Waals surface area contributed by atoms with Crippen LogP contribution in [0, 0.1) is 11.2 Å². The third-order valence-corrected chi connectivity index (χ3v) is 7.34. The maximum Gasteiger partial charge on any atom is 0.390 e. The molecule has 5 rings (SSSR count). The first-order valence-corrected chi connectivity index (χ1v) is 12.2. The molecule has 1 aromatic heterocycles. The first-order chi connectivity index (χ1) is 17.6. The Kier molecular flexibility index (Phi) is 6.66. The van der Waals surface area contributed by atoms with Gasteiger partial charge in [-0.25, -0.2) is 9.07 Å². The molecule has 5 nitrogen and oxygen atoms in total. The third kappa shape index (κ3) is 5.18. The molecule has 0 saturated heterocycles. The SMILES string of the molecule is CC12Cc3cnn(-c4ccc(F)cc4)c3C=C1CC[C@@H]2OCc1ccccc1C(=O)NCCC(F)(F)F. The number of benzene rings is 2. The number of rotatable bonds is 7. The Labute approximate surface area is 212 Å². The largest absolute Gasteiger partial charge is 0.390 e. The van der Waals surface area contributed by atoms with E-state index in [0.717, 1.165) is 36.2 Å².